The van der Waals surface area contributed by atoms with Crippen molar-refractivity contribution < 1.29 is 19.4 Å². The first kappa shape index (κ1) is 20.1. The molecule has 0 unspecified atom stereocenters. The van der Waals surface area contributed by atoms with Gasteiger partial charge in [-0.1, -0.05) is 23.9 Å². The summed E-state index contributed by atoms with van der Waals surface area (Å²) in [6.45, 7) is 0. The molecule has 30 heavy (non-hydrogen) atoms. The molecule has 152 valence electrons. The SMILES string of the molecule is Cn1c(SCC(=O)c2ccc(O)cc2O)nc2scc(-c3ccc(F)cc3)c2c1=O. The molecule has 0 atom stereocenters. The number of thioether (sulfide) groups is 1. The maximum Gasteiger partial charge on any atom is 0.263 e. The normalized spacial score (nSPS) is 11.1. The molecule has 0 amide bonds. The van der Waals surface area contributed by atoms with Gasteiger partial charge in [0.1, 0.15) is 22.1 Å². The Morgan fingerprint density at radius 1 is 1.20 bits per heavy atom. The number of hydrogen-bond acceptors (Lipinski definition) is 7. The third kappa shape index (κ3) is 3.69. The van der Waals surface area contributed by atoms with Crippen molar-refractivity contribution in [2.45, 2.75) is 5.16 Å². The van der Waals surface area contributed by atoms with E-state index in [1.54, 1.807) is 24.6 Å². The van der Waals surface area contributed by atoms with Gasteiger partial charge in [-0.2, -0.15) is 0 Å². The van der Waals surface area contributed by atoms with Crippen LogP contribution < -0.4 is 5.56 Å². The van der Waals surface area contributed by atoms with Gasteiger partial charge in [0.05, 0.1) is 16.7 Å². The summed E-state index contributed by atoms with van der Waals surface area (Å²) in [7, 11) is 1.58. The standard InChI is InChI=1S/C21H15FN2O4S2/c1-24-20(28)18-15(11-2-4-12(22)5-3-11)9-29-19(18)23-21(24)30-10-17(27)14-7-6-13(25)8-16(14)26/h2-9,25-26H,10H2,1H3. The van der Waals surface area contributed by atoms with Crippen molar-refractivity contribution in [2.75, 3.05) is 5.75 Å². The summed E-state index contributed by atoms with van der Waals surface area (Å²) in [6.07, 6.45) is 0. The first-order valence-electron chi connectivity index (χ1n) is 8.77. The second kappa shape index (κ2) is 7.92. The zero-order valence-electron chi connectivity index (χ0n) is 15.6. The van der Waals surface area contributed by atoms with Crippen molar-refractivity contribution in [2.24, 2.45) is 7.05 Å². The van der Waals surface area contributed by atoms with Crippen LogP contribution in [-0.2, 0) is 7.05 Å². The Labute approximate surface area is 178 Å². The molecule has 4 aromatic rings. The van der Waals surface area contributed by atoms with Crippen molar-refractivity contribution in [3.05, 3.63) is 69.6 Å². The van der Waals surface area contributed by atoms with Crippen LogP contribution in [0.3, 0.4) is 0 Å². The van der Waals surface area contributed by atoms with Crippen LogP contribution in [0.25, 0.3) is 21.3 Å². The molecule has 0 bridgehead atoms. The van der Waals surface area contributed by atoms with Gasteiger partial charge in [-0.3, -0.25) is 14.2 Å². The van der Waals surface area contributed by atoms with E-state index in [9.17, 15) is 24.2 Å². The molecule has 2 heterocycles. The van der Waals surface area contributed by atoms with Crippen molar-refractivity contribution >= 4 is 39.1 Å². The Morgan fingerprint density at radius 2 is 1.93 bits per heavy atom. The minimum atomic E-state index is -0.356. The van der Waals surface area contributed by atoms with Crippen molar-refractivity contribution in [3.63, 3.8) is 0 Å². The second-order valence-electron chi connectivity index (χ2n) is 6.51. The number of carbonyl (C=O) groups is 1. The first-order valence-corrected chi connectivity index (χ1v) is 10.6. The number of hydrogen-bond donors (Lipinski definition) is 2. The molecule has 0 saturated heterocycles. The van der Waals surface area contributed by atoms with Crippen molar-refractivity contribution in [3.8, 4) is 22.6 Å². The molecular formula is C21H15FN2O4S2. The predicted molar refractivity (Wildman–Crippen MR) is 115 cm³/mol. The number of phenols is 2. The third-order valence-corrected chi connectivity index (χ3v) is 6.45. The maximum atomic E-state index is 13.2. The number of nitrogens with zero attached hydrogens (tertiary/aromatic N) is 2. The number of halogens is 1. The fourth-order valence-electron chi connectivity index (χ4n) is 2.99. The van der Waals surface area contributed by atoms with Gasteiger partial charge in [-0.25, -0.2) is 9.37 Å². The highest BCUT2D eigenvalue weighted by Crippen LogP contribution is 2.32. The van der Waals surface area contributed by atoms with Gasteiger partial charge in [0.15, 0.2) is 10.9 Å². The lowest BCUT2D eigenvalue weighted by Crippen LogP contribution is -2.20. The van der Waals surface area contributed by atoms with E-state index in [1.807, 2.05) is 0 Å². The first-order chi connectivity index (χ1) is 14.3. The molecule has 0 radical (unpaired) electrons. The molecule has 0 aliphatic heterocycles. The summed E-state index contributed by atoms with van der Waals surface area (Å²) in [4.78, 5) is 30.4. The zero-order valence-corrected chi connectivity index (χ0v) is 17.3. The monoisotopic (exact) mass is 442 g/mol. The zero-order chi connectivity index (χ0) is 21.4. The van der Waals surface area contributed by atoms with E-state index in [0.29, 0.717) is 20.9 Å². The summed E-state index contributed by atoms with van der Waals surface area (Å²) in [5.74, 6) is -1.20. The molecule has 2 N–H and O–H groups in total. The van der Waals surface area contributed by atoms with E-state index in [-0.39, 0.29) is 40.0 Å². The number of rotatable bonds is 5. The predicted octanol–water partition coefficient (Wildman–Crippen LogP) is 4.19. The van der Waals surface area contributed by atoms with E-state index in [4.69, 9.17) is 0 Å². The number of aromatic hydroxyl groups is 2. The summed E-state index contributed by atoms with van der Waals surface area (Å²) < 4.78 is 14.6. The summed E-state index contributed by atoms with van der Waals surface area (Å²) in [5.41, 5.74) is 1.23. The number of Topliss-reactive ketones (excluding diaryl/α,β-unsaturated/α-hetero) is 1. The Balaban J connectivity index is 1.64. The number of phenolic OH excluding ortho intramolecular Hbond substituents is 2. The minimum Gasteiger partial charge on any atom is -0.508 e. The van der Waals surface area contributed by atoms with Crippen LogP contribution in [0, 0.1) is 5.82 Å². The third-order valence-electron chi connectivity index (χ3n) is 4.54. The molecule has 0 fully saturated rings. The molecule has 0 aliphatic rings. The van der Waals surface area contributed by atoms with Crippen LogP contribution in [0.2, 0.25) is 0 Å². The van der Waals surface area contributed by atoms with Crippen molar-refractivity contribution in [1.82, 2.24) is 9.55 Å². The van der Waals surface area contributed by atoms with Crippen molar-refractivity contribution in [1.29, 1.82) is 0 Å². The maximum absolute atomic E-state index is 13.2. The van der Waals surface area contributed by atoms with E-state index >= 15 is 0 Å². The molecule has 9 heteroatoms. The van der Waals surface area contributed by atoms with E-state index < -0.39 is 0 Å². The molecule has 0 aliphatic carbocycles. The molecule has 2 aromatic heterocycles. The Morgan fingerprint density at radius 3 is 2.63 bits per heavy atom. The van der Waals surface area contributed by atoms with Gasteiger partial charge in [-0.05, 0) is 29.8 Å². The Kier molecular flexibility index (Phi) is 5.31. The highest BCUT2D eigenvalue weighted by atomic mass is 32.2. The van der Waals surface area contributed by atoms with Gasteiger partial charge in [0.2, 0.25) is 0 Å². The average Bonchev–Trinajstić information content (AvgIpc) is 3.14. The van der Waals surface area contributed by atoms with E-state index in [2.05, 4.69) is 4.98 Å². The van der Waals surface area contributed by atoms with Crippen LogP contribution in [0.1, 0.15) is 10.4 Å². The molecule has 6 nitrogen and oxygen atoms in total. The number of aromatic nitrogens is 2. The smallest absolute Gasteiger partial charge is 0.263 e. The fraction of sp³-hybridized carbons (Fsp3) is 0.0952. The average molecular weight is 442 g/mol. The lowest BCUT2D eigenvalue weighted by atomic mass is 10.1. The number of thiophene rings is 1. The van der Waals surface area contributed by atoms with Crippen LogP contribution in [0.4, 0.5) is 4.39 Å². The van der Waals surface area contributed by atoms with Crippen LogP contribution >= 0.6 is 23.1 Å². The summed E-state index contributed by atoms with van der Waals surface area (Å²) >= 11 is 2.39. The van der Waals surface area contributed by atoms with Gasteiger partial charge in [0.25, 0.3) is 5.56 Å². The van der Waals surface area contributed by atoms with Crippen LogP contribution in [-0.4, -0.2) is 31.3 Å². The quantitative estimate of drug-likeness (QED) is 0.274. The molecule has 4 rings (SSSR count). The fourth-order valence-corrected chi connectivity index (χ4v) is 4.83. The van der Waals surface area contributed by atoms with Crippen LogP contribution in [0.15, 0.2) is 57.8 Å². The van der Waals surface area contributed by atoms with E-state index in [0.717, 1.165) is 23.4 Å². The second-order valence-corrected chi connectivity index (χ2v) is 8.31. The van der Waals surface area contributed by atoms with Gasteiger partial charge in [0, 0.05) is 24.1 Å². The highest BCUT2D eigenvalue weighted by molar-refractivity contribution is 7.99. The minimum absolute atomic E-state index is 0.0414. The highest BCUT2D eigenvalue weighted by Gasteiger charge is 2.18. The van der Waals surface area contributed by atoms with Gasteiger partial charge < -0.3 is 10.2 Å². The van der Waals surface area contributed by atoms with Gasteiger partial charge in [-0.15, -0.1) is 11.3 Å². The Bertz CT molecular complexity index is 1330. The molecule has 0 spiro atoms. The Hall–Kier alpha value is -3.17. The number of carbonyl (C=O) groups excluding carboxylic acids is 1. The number of benzene rings is 2. The topological polar surface area (TPSA) is 92.4 Å². The lowest BCUT2D eigenvalue weighted by Gasteiger charge is -2.08. The number of fused-ring (bicyclic) bond motifs is 1. The van der Waals surface area contributed by atoms with Crippen LogP contribution in [0.5, 0.6) is 11.5 Å². The molecule has 0 saturated carbocycles. The summed E-state index contributed by atoms with van der Waals surface area (Å²) in [5, 5.41) is 21.8. The molecular weight excluding hydrogens is 427 g/mol. The lowest BCUT2D eigenvalue weighted by molar-refractivity contribution is 0.102. The summed E-state index contributed by atoms with van der Waals surface area (Å²) in [6, 6.07) is 9.67. The number of ketones is 1. The van der Waals surface area contributed by atoms with E-state index in [1.165, 1.54) is 40.2 Å². The molecule has 2 aromatic carbocycles. The van der Waals surface area contributed by atoms with Gasteiger partial charge >= 0.3 is 0 Å². The largest absolute Gasteiger partial charge is 0.508 e.